The van der Waals surface area contributed by atoms with Gasteiger partial charge in [-0.05, 0) is 43.4 Å². The molecule has 1 heterocycles. The molecule has 1 aliphatic carbocycles. The highest BCUT2D eigenvalue weighted by Crippen LogP contribution is 2.27. The van der Waals surface area contributed by atoms with Crippen LogP contribution in [0.15, 0.2) is 24.3 Å². The Balaban J connectivity index is 1.39. The van der Waals surface area contributed by atoms with Crippen LogP contribution in [-0.4, -0.2) is 41.0 Å². The molecule has 5 nitrogen and oxygen atoms in total. The summed E-state index contributed by atoms with van der Waals surface area (Å²) < 4.78 is 0. The van der Waals surface area contributed by atoms with Gasteiger partial charge in [0.1, 0.15) is 5.75 Å². The fourth-order valence-electron chi connectivity index (χ4n) is 4.15. The van der Waals surface area contributed by atoms with E-state index in [0.717, 1.165) is 25.2 Å². The molecule has 0 unspecified atom stereocenters. The van der Waals surface area contributed by atoms with Crippen molar-refractivity contribution in [3.05, 3.63) is 29.8 Å². The summed E-state index contributed by atoms with van der Waals surface area (Å²) in [7, 11) is 0. The number of carbonyl (C=O) groups excluding carboxylic acids is 2. The number of nitrogens with zero attached hydrogens (tertiary/aromatic N) is 1. The second-order valence-corrected chi connectivity index (χ2v) is 7.72. The first-order valence-corrected chi connectivity index (χ1v) is 9.99. The third kappa shape index (κ3) is 5.23. The van der Waals surface area contributed by atoms with Crippen molar-refractivity contribution in [2.24, 2.45) is 5.92 Å². The van der Waals surface area contributed by atoms with Crippen LogP contribution in [0.3, 0.4) is 0 Å². The SMILES string of the molecule is O=C(NC1CCN(C(=O)CCC2CCCCC2)CC1)c1cccc(O)c1. The summed E-state index contributed by atoms with van der Waals surface area (Å²) in [6.45, 7) is 1.43. The molecule has 1 aliphatic heterocycles. The number of hydrogen-bond donors (Lipinski definition) is 2. The first-order chi connectivity index (χ1) is 12.6. The summed E-state index contributed by atoms with van der Waals surface area (Å²) in [6, 6.07) is 6.47. The molecule has 2 N–H and O–H groups in total. The predicted molar refractivity (Wildman–Crippen MR) is 101 cm³/mol. The lowest BCUT2D eigenvalue weighted by molar-refractivity contribution is -0.132. The minimum atomic E-state index is -0.164. The van der Waals surface area contributed by atoms with Crippen molar-refractivity contribution in [3.63, 3.8) is 0 Å². The first kappa shape index (κ1) is 18.7. The molecule has 0 radical (unpaired) electrons. The van der Waals surface area contributed by atoms with Crippen molar-refractivity contribution in [3.8, 4) is 5.75 Å². The minimum absolute atomic E-state index is 0.0900. The lowest BCUT2D eigenvalue weighted by Crippen LogP contribution is -2.46. The maximum absolute atomic E-state index is 12.4. The van der Waals surface area contributed by atoms with Crippen LogP contribution in [0.25, 0.3) is 0 Å². The Hall–Kier alpha value is -2.04. The molecule has 2 amide bonds. The van der Waals surface area contributed by atoms with Gasteiger partial charge in [-0.25, -0.2) is 0 Å². The van der Waals surface area contributed by atoms with E-state index in [0.29, 0.717) is 25.1 Å². The van der Waals surface area contributed by atoms with Crippen molar-refractivity contribution in [1.82, 2.24) is 10.2 Å². The molecule has 2 fully saturated rings. The van der Waals surface area contributed by atoms with Gasteiger partial charge in [-0.3, -0.25) is 9.59 Å². The van der Waals surface area contributed by atoms with Gasteiger partial charge in [-0.1, -0.05) is 38.2 Å². The molecular weight excluding hydrogens is 328 g/mol. The van der Waals surface area contributed by atoms with Crippen molar-refractivity contribution in [2.75, 3.05) is 13.1 Å². The molecule has 2 aliphatic rings. The van der Waals surface area contributed by atoms with E-state index < -0.39 is 0 Å². The third-order valence-electron chi connectivity index (χ3n) is 5.78. The number of phenols is 1. The monoisotopic (exact) mass is 358 g/mol. The number of hydrogen-bond acceptors (Lipinski definition) is 3. The second kappa shape index (κ2) is 9.06. The summed E-state index contributed by atoms with van der Waals surface area (Å²) in [5.74, 6) is 0.944. The van der Waals surface area contributed by atoms with Gasteiger partial charge < -0.3 is 15.3 Å². The number of nitrogens with one attached hydrogen (secondary N) is 1. The molecule has 1 saturated heterocycles. The van der Waals surface area contributed by atoms with E-state index in [1.54, 1.807) is 18.2 Å². The summed E-state index contributed by atoms with van der Waals surface area (Å²) in [6.07, 6.45) is 9.86. The summed E-state index contributed by atoms with van der Waals surface area (Å²) in [5, 5.41) is 12.5. The molecule has 1 aromatic rings. The van der Waals surface area contributed by atoms with Crippen LogP contribution in [0.1, 0.15) is 68.1 Å². The highest BCUT2D eigenvalue weighted by molar-refractivity contribution is 5.94. The van der Waals surface area contributed by atoms with Gasteiger partial charge in [0.15, 0.2) is 0 Å². The number of likely N-dealkylation sites (tertiary alicyclic amines) is 1. The summed E-state index contributed by atoms with van der Waals surface area (Å²) in [5.41, 5.74) is 0.469. The number of phenolic OH excluding ortho intramolecular Hbond substituents is 1. The standard InChI is InChI=1S/C21H30N2O3/c24-19-8-4-7-17(15-19)21(26)22-18-11-13-23(14-12-18)20(25)10-9-16-5-2-1-3-6-16/h4,7-8,15-16,18,24H,1-3,5-6,9-14H2,(H,22,26). The van der Waals surface area contributed by atoms with Gasteiger partial charge in [0, 0.05) is 31.1 Å². The van der Waals surface area contributed by atoms with Crippen molar-refractivity contribution in [1.29, 1.82) is 0 Å². The largest absolute Gasteiger partial charge is 0.508 e. The Labute approximate surface area is 155 Å². The van der Waals surface area contributed by atoms with Gasteiger partial charge >= 0.3 is 0 Å². The molecule has 0 bridgehead atoms. The number of aromatic hydroxyl groups is 1. The molecule has 1 aromatic carbocycles. The van der Waals surface area contributed by atoms with E-state index >= 15 is 0 Å². The van der Waals surface area contributed by atoms with Crippen molar-refractivity contribution >= 4 is 11.8 Å². The Kier molecular flexibility index (Phi) is 6.53. The fourth-order valence-corrected chi connectivity index (χ4v) is 4.15. The van der Waals surface area contributed by atoms with Gasteiger partial charge in [0.25, 0.3) is 5.91 Å². The normalized spacial score (nSPS) is 19.3. The summed E-state index contributed by atoms with van der Waals surface area (Å²) >= 11 is 0. The van der Waals surface area contributed by atoms with E-state index in [1.165, 1.54) is 38.2 Å². The molecule has 5 heteroatoms. The molecule has 1 saturated carbocycles. The average molecular weight is 358 g/mol. The Bertz CT molecular complexity index is 617. The maximum Gasteiger partial charge on any atom is 0.251 e. The number of amides is 2. The van der Waals surface area contributed by atoms with Crippen LogP contribution in [0.4, 0.5) is 0 Å². The number of rotatable bonds is 5. The Morgan fingerprint density at radius 2 is 1.81 bits per heavy atom. The van der Waals surface area contributed by atoms with Crippen molar-refractivity contribution < 1.29 is 14.7 Å². The topological polar surface area (TPSA) is 69.6 Å². The van der Waals surface area contributed by atoms with Gasteiger partial charge in [-0.2, -0.15) is 0 Å². The average Bonchev–Trinajstić information content (AvgIpc) is 2.67. The van der Waals surface area contributed by atoms with Gasteiger partial charge in [0.2, 0.25) is 5.91 Å². The highest BCUT2D eigenvalue weighted by Gasteiger charge is 2.25. The third-order valence-corrected chi connectivity index (χ3v) is 5.78. The van der Waals surface area contributed by atoms with Crippen LogP contribution in [-0.2, 0) is 4.79 Å². The number of piperidine rings is 1. The quantitative estimate of drug-likeness (QED) is 0.847. The molecule has 0 atom stereocenters. The Morgan fingerprint density at radius 3 is 2.50 bits per heavy atom. The summed E-state index contributed by atoms with van der Waals surface area (Å²) in [4.78, 5) is 26.7. The van der Waals surface area contributed by atoms with E-state index in [2.05, 4.69) is 5.32 Å². The zero-order valence-corrected chi connectivity index (χ0v) is 15.5. The molecule has 0 aromatic heterocycles. The first-order valence-electron chi connectivity index (χ1n) is 9.99. The van der Waals surface area contributed by atoms with E-state index in [-0.39, 0.29) is 23.6 Å². The smallest absolute Gasteiger partial charge is 0.251 e. The van der Waals surface area contributed by atoms with Gasteiger partial charge in [0.05, 0.1) is 0 Å². The molecular formula is C21H30N2O3. The van der Waals surface area contributed by atoms with Crippen LogP contribution >= 0.6 is 0 Å². The minimum Gasteiger partial charge on any atom is -0.508 e. The van der Waals surface area contributed by atoms with E-state index in [1.807, 2.05) is 4.90 Å². The van der Waals surface area contributed by atoms with Crippen molar-refractivity contribution in [2.45, 2.75) is 63.8 Å². The second-order valence-electron chi connectivity index (χ2n) is 7.72. The van der Waals surface area contributed by atoms with Crippen LogP contribution in [0.2, 0.25) is 0 Å². The predicted octanol–water partition coefficient (Wildman–Crippen LogP) is 3.47. The van der Waals surface area contributed by atoms with Crippen LogP contribution in [0.5, 0.6) is 5.75 Å². The van der Waals surface area contributed by atoms with Gasteiger partial charge in [-0.15, -0.1) is 0 Å². The fraction of sp³-hybridized carbons (Fsp3) is 0.619. The lowest BCUT2D eigenvalue weighted by atomic mass is 9.86. The lowest BCUT2D eigenvalue weighted by Gasteiger charge is -2.33. The molecule has 0 spiro atoms. The van der Waals surface area contributed by atoms with E-state index in [4.69, 9.17) is 0 Å². The molecule has 26 heavy (non-hydrogen) atoms. The highest BCUT2D eigenvalue weighted by atomic mass is 16.3. The van der Waals surface area contributed by atoms with E-state index in [9.17, 15) is 14.7 Å². The maximum atomic E-state index is 12.4. The van der Waals surface area contributed by atoms with Crippen LogP contribution in [0, 0.1) is 5.92 Å². The zero-order valence-electron chi connectivity index (χ0n) is 15.5. The number of benzene rings is 1. The molecule has 142 valence electrons. The number of carbonyl (C=O) groups is 2. The molecule has 3 rings (SSSR count). The zero-order chi connectivity index (χ0) is 18.4. The Morgan fingerprint density at radius 1 is 1.08 bits per heavy atom. The van der Waals surface area contributed by atoms with Crippen LogP contribution < -0.4 is 5.32 Å².